The number of hydrazone groups is 1. The lowest BCUT2D eigenvalue weighted by Gasteiger charge is -2.16. The van der Waals surface area contributed by atoms with Crippen LogP contribution in [-0.2, 0) is 4.79 Å². The standard InChI is InChI=1S/C23H21N3O2/c1-15(2)17-11-9-16(10-12-17)13-24-25-21(27)14-26-20-8-4-6-18-5-3-7-19(22(18)20)23(26)28/h3-13,15H,14H2,1-2H3,(H,25,27)/b24-13-. The lowest BCUT2D eigenvalue weighted by atomic mass is 10.0. The van der Waals surface area contributed by atoms with Crippen molar-refractivity contribution in [3.63, 3.8) is 0 Å². The second-order valence-corrected chi connectivity index (χ2v) is 7.19. The molecule has 0 fully saturated rings. The zero-order valence-electron chi connectivity index (χ0n) is 15.8. The molecule has 1 N–H and O–H groups in total. The molecule has 140 valence electrons. The summed E-state index contributed by atoms with van der Waals surface area (Å²) in [5, 5.41) is 5.91. The summed E-state index contributed by atoms with van der Waals surface area (Å²) in [7, 11) is 0. The van der Waals surface area contributed by atoms with Crippen LogP contribution < -0.4 is 10.3 Å². The van der Waals surface area contributed by atoms with E-state index in [1.165, 1.54) is 10.5 Å². The third-order valence-electron chi connectivity index (χ3n) is 4.96. The molecule has 0 atom stereocenters. The first-order chi connectivity index (χ1) is 13.5. The fourth-order valence-electron chi connectivity index (χ4n) is 3.46. The van der Waals surface area contributed by atoms with Crippen LogP contribution in [0.5, 0.6) is 0 Å². The van der Waals surface area contributed by atoms with Gasteiger partial charge in [0.15, 0.2) is 0 Å². The SMILES string of the molecule is CC(C)c1ccc(/C=N\NC(=O)CN2C(=O)c3cccc4cccc2c34)cc1. The van der Waals surface area contributed by atoms with Crippen molar-refractivity contribution in [1.29, 1.82) is 0 Å². The number of carbonyl (C=O) groups excluding carboxylic acids is 2. The average Bonchev–Trinajstić information content (AvgIpc) is 2.96. The second-order valence-electron chi connectivity index (χ2n) is 7.19. The lowest BCUT2D eigenvalue weighted by molar-refractivity contribution is -0.119. The highest BCUT2D eigenvalue weighted by Crippen LogP contribution is 2.36. The summed E-state index contributed by atoms with van der Waals surface area (Å²) in [5.41, 5.74) is 6.06. The number of nitrogens with zero attached hydrogens (tertiary/aromatic N) is 2. The molecule has 0 aromatic heterocycles. The average molecular weight is 371 g/mol. The van der Waals surface area contributed by atoms with Crippen LogP contribution in [0, 0.1) is 0 Å². The van der Waals surface area contributed by atoms with Crippen LogP contribution in [0.15, 0.2) is 65.8 Å². The summed E-state index contributed by atoms with van der Waals surface area (Å²) in [6.45, 7) is 4.21. The van der Waals surface area contributed by atoms with E-state index in [0.717, 1.165) is 22.0 Å². The van der Waals surface area contributed by atoms with Gasteiger partial charge in [0.25, 0.3) is 11.8 Å². The minimum Gasteiger partial charge on any atom is -0.298 e. The fourth-order valence-corrected chi connectivity index (χ4v) is 3.46. The Morgan fingerprint density at radius 2 is 1.79 bits per heavy atom. The van der Waals surface area contributed by atoms with Gasteiger partial charge in [0.05, 0.1) is 11.9 Å². The number of carbonyl (C=O) groups is 2. The number of amides is 2. The molecule has 0 saturated heterocycles. The number of rotatable bonds is 5. The quantitative estimate of drug-likeness (QED) is 0.543. The maximum Gasteiger partial charge on any atom is 0.260 e. The molecule has 1 aliphatic heterocycles. The van der Waals surface area contributed by atoms with E-state index < -0.39 is 0 Å². The molecule has 5 nitrogen and oxygen atoms in total. The van der Waals surface area contributed by atoms with E-state index in [1.54, 1.807) is 12.3 Å². The van der Waals surface area contributed by atoms with Crippen LogP contribution >= 0.6 is 0 Å². The van der Waals surface area contributed by atoms with Crippen LogP contribution in [0.25, 0.3) is 10.8 Å². The topological polar surface area (TPSA) is 61.8 Å². The van der Waals surface area contributed by atoms with Gasteiger partial charge in [-0.05, 0) is 34.6 Å². The van der Waals surface area contributed by atoms with E-state index in [0.29, 0.717) is 11.5 Å². The van der Waals surface area contributed by atoms with Gasteiger partial charge in [-0.3, -0.25) is 14.5 Å². The number of nitrogens with one attached hydrogen (secondary N) is 1. The largest absolute Gasteiger partial charge is 0.298 e. The van der Waals surface area contributed by atoms with E-state index in [-0.39, 0.29) is 18.4 Å². The number of benzene rings is 3. The molecule has 0 unspecified atom stereocenters. The molecule has 4 rings (SSSR count). The molecule has 1 aliphatic rings. The van der Waals surface area contributed by atoms with Gasteiger partial charge in [-0.2, -0.15) is 5.10 Å². The van der Waals surface area contributed by atoms with Gasteiger partial charge in [0.1, 0.15) is 6.54 Å². The molecule has 0 radical (unpaired) electrons. The highest BCUT2D eigenvalue weighted by Gasteiger charge is 2.30. The molecule has 1 heterocycles. The van der Waals surface area contributed by atoms with Gasteiger partial charge in [0.2, 0.25) is 0 Å². The minimum absolute atomic E-state index is 0.0732. The summed E-state index contributed by atoms with van der Waals surface area (Å²) >= 11 is 0. The van der Waals surface area contributed by atoms with Crippen molar-refractivity contribution in [3.8, 4) is 0 Å². The molecule has 28 heavy (non-hydrogen) atoms. The van der Waals surface area contributed by atoms with E-state index in [4.69, 9.17) is 0 Å². The maximum atomic E-state index is 12.7. The Labute approximate surface area is 163 Å². The predicted octanol–water partition coefficient (Wildman–Crippen LogP) is 4.07. The Balaban J connectivity index is 1.43. The highest BCUT2D eigenvalue weighted by molar-refractivity contribution is 6.26. The van der Waals surface area contributed by atoms with Crippen LogP contribution in [0.1, 0.15) is 41.3 Å². The van der Waals surface area contributed by atoms with Crippen molar-refractivity contribution in [2.45, 2.75) is 19.8 Å². The summed E-state index contributed by atoms with van der Waals surface area (Å²) < 4.78 is 0. The first-order valence-corrected chi connectivity index (χ1v) is 9.30. The molecule has 5 heteroatoms. The predicted molar refractivity (Wildman–Crippen MR) is 112 cm³/mol. The van der Waals surface area contributed by atoms with Crippen molar-refractivity contribution >= 4 is 34.5 Å². The molecule has 2 amide bonds. The zero-order chi connectivity index (χ0) is 19.7. The van der Waals surface area contributed by atoms with Crippen LogP contribution in [0.2, 0.25) is 0 Å². The van der Waals surface area contributed by atoms with E-state index >= 15 is 0 Å². The minimum atomic E-state index is -0.340. The summed E-state index contributed by atoms with van der Waals surface area (Å²) in [4.78, 5) is 26.5. The molecular weight excluding hydrogens is 350 g/mol. The Hall–Kier alpha value is -3.47. The van der Waals surface area contributed by atoms with Crippen molar-refractivity contribution in [3.05, 3.63) is 77.4 Å². The number of hydrogen-bond acceptors (Lipinski definition) is 3. The molecule has 0 aliphatic carbocycles. The Morgan fingerprint density at radius 1 is 1.07 bits per heavy atom. The highest BCUT2D eigenvalue weighted by atomic mass is 16.2. The van der Waals surface area contributed by atoms with E-state index in [2.05, 4.69) is 36.5 Å². The number of hydrogen-bond donors (Lipinski definition) is 1. The Bertz CT molecular complexity index is 1080. The molecule has 0 bridgehead atoms. The molecule has 3 aromatic carbocycles. The normalized spacial score (nSPS) is 13.1. The van der Waals surface area contributed by atoms with Crippen molar-refractivity contribution in [2.24, 2.45) is 5.10 Å². The van der Waals surface area contributed by atoms with Gasteiger partial charge in [0, 0.05) is 10.9 Å². The fraction of sp³-hybridized carbons (Fsp3) is 0.174. The van der Waals surface area contributed by atoms with Crippen molar-refractivity contribution < 1.29 is 9.59 Å². The number of anilines is 1. The molecular formula is C23H21N3O2. The van der Waals surface area contributed by atoms with Crippen LogP contribution in [0.3, 0.4) is 0 Å². The van der Waals surface area contributed by atoms with Crippen molar-refractivity contribution in [2.75, 3.05) is 11.4 Å². The smallest absolute Gasteiger partial charge is 0.260 e. The molecule has 0 spiro atoms. The summed E-state index contributed by atoms with van der Waals surface area (Å²) in [6.07, 6.45) is 1.60. The Kier molecular flexibility index (Phi) is 4.65. The van der Waals surface area contributed by atoms with E-state index in [1.807, 2.05) is 42.5 Å². The van der Waals surface area contributed by atoms with Gasteiger partial charge in [-0.25, -0.2) is 5.43 Å². The third kappa shape index (κ3) is 3.27. The van der Waals surface area contributed by atoms with Gasteiger partial charge in [-0.15, -0.1) is 0 Å². The summed E-state index contributed by atoms with van der Waals surface area (Å²) in [5.74, 6) is -0.0271. The van der Waals surface area contributed by atoms with Gasteiger partial charge in [-0.1, -0.05) is 62.4 Å². The molecule has 0 saturated carbocycles. The van der Waals surface area contributed by atoms with Gasteiger partial charge >= 0.3 is 0 Å². The first-order valence-electron chi connectivity index (χ1n) is 9.30. The molecule has 3 aromatic rings. The van der Waals surface area contributed by atoms with E-state index in [9.17, 15) is 9.59 Å². The first kappa shape index (κ1) is 17.9. The van der Waals surface area contributed by atoms with Gasteiger partial charge < -0.3 is 0 Å². The maximum absolute atomic E-state index is 12.7. The summed E-state index contributed by atoms with van der Waals surface area (Å²) in [6, 6.07) is 19.4. The van der Waals surface area contributed by atoms with Crippen molar-refractivity contribution in [1.82, 2.24) is 5.43 Å². The lowest BCUT2D eigenvalue weighted by Crippen LogP contribution is -2.37. The van der Waals surface area contributed by atoms with Crippen LogP contribution in [0.4, 0.5) is 5.69 Å². The van der Waals surface area contributed by atoms with Crippen LogP contribution in [-0.4, -0.2) is 24.6 Å². The monoisotopic (exact) mass is 371 g/mol. The second kappa shape index (κ2) is 7.27. The third-order valence-corrected chi connectivity index (χ3v) is 4.96. The Morgan fingerprint density at radius 3 is 2.50 bits per heavy atom. The zero-order valence-corrected chi connectivity index (χ0v) is 15.8.